The van der Waals surface area contributed by atoms with Crippen LogP contribution in [0.2, 0.25) is 0 Å². The zero-order valence-electron chi connectivity index (χ0n) is 15.3. The fourth-order valence-electron chi connectivity index (χ4n) is 3.18. The molecule has 1 fully saturated rings. The van der Waals surface area contributed by atoms with Crippen molar-refractivity contribution < 1.29 is 18.7 Å². The summed E-state index contributed by atoms with van der Waals surface area (Å²) >= 11 is 1.27. The van der Waals surface area contributed by atoms with Crippen LogP contribution in [-0.2, 0) is 9.59 Å². The topological polar surface area (TPSA) is 71.5 Å². The fraction of sp³-hybridized carbons (Fsp3) is 0.421. The monoisotopic (exact) mass is 391 g/mol. The number of rotatable bonds is 5. The molecule has 0 spiro atoms. The highest BCUT2D eigenvalue weighted by Gasteiger charge is 2.31. The molecule has 0 radical (unpaired) electrons. The van der Waals surface area contributed by atoms with Crippen molar-refractivity contribution in [1.82, 2.24) is 9.88 Å². The maximum Gasteiger partial charge on any atom is 0.248 e. The molecule has 2 heterocycles. The average molecular weight is 391 g/mol. The van der Waals surface area contributed by atoms with E-state index in [9.17, 15) is 14.0 Å². The molecule has 0 aliphatic carbocycles. The van der Waals surface area contributed by atoms with Gasteiger partial charge in [0.1, 0.15) is 6.04 Å². The van der Waals surface area contributed by atoms with Gasteiger partial charge in [-0.25, -0.2) is 9.37 Å². The highest BCUT2D eigenvalue weighted by Crippen LogP contribution is 2.29. The third-order valence-corrected chi connectivity index (χ3v) is 5.37. The minimum absolute atomic E-state index is 0.0108. The predicted molar refractivity (Wildman–Crippen MR) is 102 cm³/mol. The second-order valence-corrected chi connectivity index (χ2v) is 7.19. The maximum absolute atomic E-state index is 13.9. The SMILES string of the molecule is CCC(=O)N1CCCCC1C(=O)Nc1nc(-c2ccc(OC)c(F)c2)cs1. The Bertz CT molecular complexity index is 839. The Morgan fingerprint density at radius 2 is 2.22 bits per heavy atom. The molecule has 6 nitrogen and oxygen atoms in total. The van der Waals surface area contributed by atoms with E-state index < -0.39 is 11.9 Å². The second kappa shape index (κ2) is 8.47. The first-order valence-corrected chi connectivity index (χ1v) is 9.81. The number of anilines is 1. The maximum atomic E-state index is 13.9. The van der Waals surface area contributed by atoms with Crippen LogP contribution in [0.25, 0.3) is 11.3 Å². The van der Waals surface area contributed by atoms with Crippen molar-refractivity contribution in [3.63, 3.8) is 0 Å². The quantitative estimate of drug-likeness (QED) is 0.844. The van der Waals surface area contributed by atoms with Crippen molar-refractivity contribution >= 4 is 28.3 Å². The molecule has 1 aliphatic rings. The Kier molecular flexibility index (Phi) is 6.05. The van der Waals surface area contributed by atoms with Crippen LogP contribution in [0.15, 0.2) is 23.6 Å². The lowest BCUT2D eigenvalue weighted by molar-refractivity contribution is -0.140. The summed E-state index contributed by atoms with van der Waals surface area (Å²) in [5.41, 5.74) is 1.17. The van der Waals surface area contributed by atoms with Gasteiger partial charge in [-0.15, -0.1) is 11.3 Å². The van der Waals surface area contributed by atoms with E-state index in [1.54, 1.807) is 29.3 Å². The number of halogens is 1. The Labute approximate surface area is 161 Å². The van der Waals surface area contributed by atoms with Crippen molar-refractivity contribution in [2.75, 3.05) is 19.0 Å². The number of nitrogens with one attached hydrogen (secondary N) is 1. The summed E-state index contributed by atoms with van der Waals surface area (Å²) in [4.78, 5) is 30.8. The van der Waals surface area contributed by atoms with Crippen molar-refractivity contribution in [2.24, 2.45) is 0 Å². The minimum Gasteiger partial charge on any atom is -0.494 e. The molecule has 1 aliphatic heterocycles. The zero-order chi connectivity index (χ0) is 19.4. The molecule has 8 heteroatoms. The van der Waals surface area contributed by atoms with E-state index in [1.165, 1.54) is 24.5 Å². The van der Waals surface area contributed by atoms with E-state index in [0.29, 0.717) is 35.8 Å². The van der Waals surface area contributed by atoms with Crippen LogP contribution >= 0.6 is 11.3 Å². The highest BCUT2D eigenvalue weighted by molar-refractivity contribution is 7.14. The Morgan fingerprint density at radius 3 is 2.93 bits per heavy atom. The van der Waals surface area contributed by atoms with Crippen LogP contribution < -0.4 is 10.1 Å². The van der Waals surface area contributed by atoms with E-state index in [1.807, 2.05) is 0 Å². The Hall–Kier alpha value is -2.48. The number of amides is 2. The van der Waals surface area contributed by atoms with Crippen molar-refractivity contribution in [3.05, 3.63) is 29.4 Å². The molecule has 144 valence electrons. The summed E-state index contributed by atoms with van der Waals surface area (Å²) < 4.78 is 18.8. The van der Waals surface area contributed by atoms with Gasteiger partial charge in [-0.2, -0.15) is 0 Å². The van der Waals surface area contributed by atoms with Crippen LogP contribution in [0.4, 0.5) is 9.52 Å². The zero-order valence-corrected chi connectivity index (χ0v) is 16.1. The average Bonchev–Trinajstić information content (AvgIpc) is 3.15. The van der Waals surface area contributed by atoms with Gasteiger partial charge in [0.15, 0.2) is 16.7 Å². The molecule has 2 amide bonds. The lowest BCUT2D eigenvalue weighted by atomic mass is 10.0. The number of hydrogen-bond donors (Lipinski definition) is 1. The molecule has 1 aromatic heterocycles. The molecule has 27 heavy (non-hydrogen) atoms. The largest absolute Gasteiger partial charge is 0.494 e. The predicted octanol–water partition coefficient (Wildman–Crippen LogP) is 3.69. The number of nitrogens with zero attached hydrogens (tertiary/aromatic N) is 2. The van der Waals surface area contributed by atoms with Gasteiger partial charge in [-0.05, 0) is 37.5 Å². The minimum atomic E-state index is -0.468. The highest BCUT2D eigenvalue weighted by atomic mass is 32.1. The number of thiazole rings is 1. The fourth-order valence-corrected chi connectivity index (χ4v) is 3.91. The van der Waals surface area contributed by atoms with Crippen LogP contribution in [0.1, 0.15) is 32.6 Å². The molecule has 2 aromatic rings. The number of ether oxygens (including phenoxy) is 1. The standard InChI is InChI=1S/C19H22FN3O3S/c1-3-17(24)23-9-5-4-6-15(23)18(25)22-19-21-14(11-27-19)12-7-8-16(26-2)13(20)10-12/h7-8,10-11,15H,3-6,9H2,1-2H3,(H,21,22,25). The number of aromatic nitrogens is 1. The normalized spacial score (nSPS) is 16.9. The van der Waals surface area contributed by atoms with Crippen LogP contribution in [-0.4, -0.2) is 41.4 Å². The number of piperidine rings is 1. The summed E-state index contributed by atoms with van der Waals surface area (Å²) in [6, 6.07) is 4.14. The van der Waals surface area contributed by atoms with Crippen LogP contribution in [0.3, 0.4) is 0 Å². The van der Waals surface area contributed by atoms with Gasteiger partial charge in [0.25, 0.3) is 0 Å². The summed E-state index contributed by atoms with van der Waals surface area (Å²) in [6.45, 7) is 2.41. The van der Waals surface area contributed by atoms with E-state index in [0.717, 1.165) is 12.8 Å². The number of carbonyl (C=O) groups is 2. The number of likely N-dealkylation sites (tertiary alicyclic amines) is 1. The summed E-state index contributed by atoms with van der Waals surface area (Å²) in [5, 5.41) is 4.99. The van der Waals surface area contributed by atoms with Gasteiger partial charge >= 0.3 is 0 Å². The van der Waals surface area contributed by atoms with E-state index in [2.05, 4.69) is 10.3 Å². The van der Waals surface area contributed by atoms with Crippen molar-refractivity contribution in [2.45, 2.75) is 38.6 Å². The van der Waals surface area contributed by atoms with E-state index in [4.69, 9.17) is 4.74 Å². The Balaban J connectivity index is 1.72. The number of hydrogen-bond acceptors (Lipinski definition) is 5. The summed E-state index contributed by atoms with van der Waals surface area (Å²) in [6.07, 6.45) is 2.87. The van der Waals surface area contributed by atoms with Crippen molar-refractivity contribution in [3.8, 4) is 17.0 Å². The first-order chi connectivity index (χ1) is 13.0. The molecular formula is C19H22FN3O3S. The Morgan fingerprint density at radius 1 is 1.41 bits per heavy atom. The summed E-state index contributed by atoms with van der Waals surface area (Å²) in [5.74, 6) is -0.535. The van der Waals surface area contributed by atoms with Crippen LogP contribution in [0, 0.1) is 5.82 Å². The number of methoxy groups -OCH3 is 1. The smallest absolute Gasteiger partial charge is 0.248 e. The molecule has 0 bridgehead atoms. The van der Waals surface area contributed by atoms with Gasteiger partial charge < -0.3 is 15.0 Å². The van der Waals surface area contributed by atoms with Gasteiger partial charge in [0, 0.05) is 23.9 Å². The van der Waals surface area contributed by atoms with Gasteiger partial charge in [-0.1, -0.05) is 6.92 Å². The number of benzene rings is 1. The molecule has 1 atom stereocenters. The number of carbonyl (C=O) groups excluding carboxylic acids is 2. The van der Waals surface area contributed by atoms with E-state index in [-0.39, 0.29) is 17.6 Å². The second-order valence-electron chi connectivity index (χ2n) is 6.33. The van der Waals surface area contributed by atoms with Gasteiger partial charge in [-0.3, -0.25) is 9.59 Å². The van der Waals surface area contributed by atoms with Crippen molar-refractivity contribution in [1.29, 1.82) is 0 Å². The first kappa shape index (κ1) is 19.3. The molecule has 1 unspecified atom stereocenters. The molecule has 1 N–H and O–H groups in total. The third kappa shape index (κ3) is 4.27. The lowest BCUT2D eigenvalue weighted by Gasteiger charge is -2.34. The van der Waals surface area contributed by atoms with Gasteiger partial charge in [0.05, 0.1) is 12.8 Å². The first-order valence-electron chi connectivity index (χ1n) is 8.93. The van der Waals surface area contributed by atoms with Gasteiger partial charge in [0.2, 0.25) is 11.8 Å². The molecule has 1 aromatic carbocycles. The summed E-state index contributed by atoms with van der Waals surface area (Å²) in [7, 11) is 1.41. The van der Waals surface area contributed by atoms with E-state index >= 15 is 0 Å². The van der Waals surface area contributed by atoms with Crippen LogP contribution in [0.5, 0.6) is 5.75 Å². The third-order valence-electron chi connectivity index (χ3n) is 4.61. The molecule has 0 saturated carbocycles. The molecular weight excluding hydrogens is 369 g/mol. The molecule has 1 saturated heterocycles. The molecule has 3 rings (SSSR count). The lowest BCUT2D eigenvalue weighted by Crippen LogP contribution is -2.49.